The van der Waals surface area contributed by atoms with Gasteiger partial charge in [0.2, 0.25) is 0 Å². The lowest BCUT2D eigenvalue weighted by molar-refractivity contribution is 0.266. The monoisotopic (exact) mass is 344 g/mol. The number of nitrogens with one attached hydrogen (secondary N) is 1. The van der Waals surface area contributed by atoms with Crippen LogP contribution < -0.4 is 10.2 Å². The largest absolute Gasteiger partial charge is 0.394 e. The summed E-state index contributed by atoms with van der Waals surface area (Å²) < 4.78 is 2.06. The summed E-state index contributed by atoms with van der Waals surface area (Å²) >= 11 is 0. The molecule has 2 N–H and O–H groups in total. The van der Waals surface area contributed by atoms with E-state index in [0.29, 0.717) is 5.92 Å². The number of hydrogen-bond donors (Lipinski definition) is 2. The summed E-state index contributed by atoms with van der Waals surface area (Å²) in [5.74, 6) is 2.14. The number of anilines is 2. The van der Waals surface area contributed by atoms with Crippen LogP contribution in [0.5, 0.6) is 0 Å². The number of aryl methyl sites for hydroxylation is 2. The Morgan fingerprint density at radius 3 is 2.88 bits per heavy atom. The first kappa shape index (κ1) is 17.7. The minimum Gasteiger partial charge on any atom is -0.394 e. The van der Waals surface area contributed by atoms with E-state index in [1.165, 1.54) is 5.69 Å². The fraction of sp³-hybridized carbons (Fsp3) is 0.611. The number of nitrogens with zero attached hydrogens (tertiary/aromatic N) is 5. The smallest absolute Gasteiger partial charge is 0.134 e. The van der Waals surface area contributed by atoms with Crippen molar-refractivity contribution in [3.05, 3.63) is 29.8 Å². The van der Waals surface area contributed by atoms with E-state index in [9.17, 15) is 5.11 Å². The zero-order valence-corrected chi connectivity index (χ0v) is 15.3. The van der Waals surface area contributed by atoms with Crippen LogP contribution in [0.4, 0.5) is 11.6 Å². The molecule has 1 saturated heterocycles. The van der Waals surface area contributed by atoms with Crippen molar-refractivity contribution in [1.29, 1.82) is 0 Å². The maximum Gasteiger partial charge on any atom is 0.134 e. The Labute approximate surface area is 149 Å². The standard InChI is InChI=1S/C18H28N6O/c1-13(10-24-15(3)7-14(2)22-24)9-19-17-8-18(21-12-20-17)23-6-4-5-16(23)11-25/h7-8,12-13,16,25H,4-6,9-11H2,1-3H3,(H,19,20,21). The van der Waals surface area contributed by atoms with Gasteiger partial charge in [0.05, 0.1) is 18.3 Å². The summed E-state index contributed by atoms with van der Waals surface area (Å²) in [6.45, 7) is 9.12. The first-order valence-corrected chi connectivity index (χ1v) is 9.01. The van der Waals surface area contributed by atoms with Crippen LogP contribution in [0.2, 0.25) is 0 Å². The number of aliphatic hydroxyl groups excluding tert-OH is 1. The Hall–Kier alpha value is -2.15. The van der Waals surface area contributed by atoms with Gasteiger partial charge in [-0.2, -0.15) is 5.10 Å². The Morgan fingerprint density at radius 2 is 2.16 bits per heavy atom. The fourth-order valence-corrected chi connectivity index (χ4v) is 3.43. The van der Waals surface area contributed by atoms with Gasteiger partial charge in [0.25, 0.3) is 0 Å². The summed E-state index contributed by atoms with van der Waals surface area (Å²) in [6, 6.07) is 4.25. The van der Waals surface area contributed by atoms with Crippen molar-refractivity contribution in [3.63, 3.8) is 0 Å². The van der Waals surface area contributed by atoms with Crippen molar-refractivity contribution in [3.8, 4) is 0 Å². The molecule has 2 atom stereocenters. The second-order valence-corrected chi connectivity index (χ2v) is 7.03. The molecule has 3 rings (SSSR count). The van der Waals surface area contributed by atoms with Crippen LogP contribution in [0, 0.1) is 19.8 Å². The van der Waals surface area contributed by atoms with Crippen molar-refractivity contribution in [2.45, 2.75) is 46.2 Å². The molecule has 1 aliphatic rings. The Balaban J connectivity index is 1.58. The average molecular weight is 344 g/mol. The van der Waals surface area contributed by atoms with Crippen LogP contribution in [-0.2, 0) is 6.54 Å². The van der Waals surface area contributed by atoms with Crippen LogP contribution in [0.25, 0.3) is 0 Å². The first-order chi connectivity index (χ1) is 12.1. The number of rotatable bonds is 7. The van der Waals surface area contributed by atoms with E-state index in [1.54, 1.807) is 6.33 Å². The third-order valence-electron chi connectivity index (χ3n) is 4.75. The molecular weight excluding hydrogens is 316 g/mol. The molecule has 0 saturated carbocycles. The molecular formula is C18H28N6O. The lowest BCUT2D eigenvalue weighted by Crippen LogP contribution is -2.32. The molecule has 25 heavy (non-hydrogen) atoms. The minimum absolute atomic E-state index is 0.173. The summed E-state index contributed by atoms with van der Waals surface area (Å²) in [4.78, 5) is 10.9. The molecule has 0 amide bonds. The van der Waals surface area contributed by atoms with Gasteiger partial charge in [0, 0.05) is 31.4 Å². The lowest BCUT2D eigenvalue weighted by atomic mass is 10.2. The lowest BCUT2D eigenvalue weighted by Gasteiger charge is -2.24. The van der Waals surface area contributed by atoms with E-state index in [-0.39, 0.29) is 12.6 Å². The second-order valence-electron chi connectivity index (χ2n) is 7.03. The topological polar surface area (TPSA) is 79.1 Å². The molecule has 2 aromatic heterocycles. The molecule has 0 aromatic carbocycles. The van der Waals surface area contributed by atoms with Gasteiger partial charge < -0.3 is 15.3 Å². The summed E-state index contributed by atoms with van der Waals surface area (Å²) in [7, 11) is 0. The maximum atomic E-state index is 9.50. The van der Waals surface area contributed by atoms with Gasteiger partial charge in [0.1, 0.15) is 18.0 Å². The third-order valence-corrected chi connectivity index (χ3v) is 4.75. The summed E-state index contributed by atoms with van der Waals surface area (Å²) in [5.41, 5.74) is 2.25. The normalized spacial score (nSPS) is 18.6. The molecule has 2 unspecified atom stereocenters. The quantitative estimate of drug-likeness (QED) is 0.800. The highest BCUT2D eigenvalue weighted by atomic mass is 16.3. The first-order valence-electron chi connectivity index (χ1n) is 9.01. The zero-order valence-electron chi connectivity index (χ0n) is 15.3. The number of hydrogen-bond acceptors (Lipinski definition) is 6. The Morgan fingerprint density at radius 1 is 1.32 bits per heavy atom. The predicted molar refractivity (Wildman–Crippen MR) is 98.8 cm³/mol. The van der Waals surface area contributed by atoms with E-state index < -0.39 is 0 Å². The highest BCUT2D eigenvalue weighted by Gasteiger charge is 2.25. The van der Waals surface area contributed by atoms with Crippen molar-refractivity contribution < 1.29 is 5.11 Å². The molecule has 1 fully saturated rings. The molecule has 2 aromatic rings. The number of aromatic nitrogens is 4. The fourth-order valence-electron chi connectivity index (χ4n) is 3.43. The summed E-state index contributed by atoms with van der Waals surface area (Å²) in [5, 5.41) is 17.4. The predicted octanol–water partition coefficient (Wildman–Crippen LogP) is 2.00. The van der Waals surface area contributed by atoms with Gasteiger partial charge in [-0.1, -0.05) is 6.92 Å². The molecule has 0 aliphatic carbocycles. The molecule has 7 heteroatoms. The molecule has 7 nitrogen and oxygen atoms in total. The van der Waals surface area contributed by atoms with Crippen molar-refractivity contribution in [1.82, 2.24) is 19.7 Å². The highest BCUT2D eigenvalue weighted by molar-refractivity contribution is 5.49. The second kappa shape index (κ2) is 7.82. The van der Waals surface area contributed by atoms with Gasteiger partial charge >= 0.3 is 0 Å². The Bertz CT molecular complexity index is 701. The van der Waals surface area contributed by atoms with Gasteiger partial charge in [-0.15, -0.1) is 0 Å². The van der Waals surface area contributed by atoms with E-state index in [2.05, 4.69) is 49.9 Å². The zero-order chi connectivity index (χ0) is 17.8. The summed E-state index contributed by atoms with van der Waals surface area (Å²) in [6.07, 6.45) is 3.71. The van der Waals surface area contributed by atoms with E-state index in [0.717, 1.165) is 49.8 Å². The van der Waals surface area contributed by atoms with Gasteiger partial charge in [-0.25, -0.2) is 9.97 Å². The van der Waals surface area contributed by atoms with Crippen LogP contribution in [-0.4, -0.2) is 50.6 Å². The van der Waals surface area contributed by atoms with Crippen LogP contribution in [0.15, 0.2) is 18.5 Å². The van der Waals surface area contributed by atoms with Crippen LogP contribution in [0.1, 0.15) is 31.2 Å². The molecule has 0 spiro atoms. The molecule has 136 valence electrons. The molecule has 3 heterocycles. The minimum atomic E-state index is 0.173. The van der Waals surface area contributed by atoms with Crippen LogP contribution >= 0.6 is 0 Å². The molecule has 0 bridgehead atoms. The van der Waals surface area contributed by atoms with E-state index in [1.807, 2.05) is 13.0 Å². The van der Waals surface area contributed by atoms with Crippen molar-refractivity contribution in [2.75, 3.05) is 29.9 Å². The molecule has 0 radical (unpaired) electrons. The van der Waals surface area contributed by atoms with E-state index >= 15 is 0 Å². The third kappa shape index (κ3) is 4.28. The maximum absolute atomic E-state index is 9.50. The van der Waals surface area contributed by atoms with Crippen LogP contribution in [0.3, 0.4) is 0 Å². The number of aliphatic hydroxyl groups is 1. The average Bonchev–Trinajstić information content (AvgIpc) is 3.19. The van der Waals surface area contributed by atoms with Gasteiger partial charge in [-0.05, 0) is 38.7 Å². The van der Waals surface area contributed by atoms with Gasteiger partial charge in [0.15, 0.2) is 0 Å². The SMILES string of the molecule is Cc1cc(C)n(CC(C)CNc2cc(N3CCCC3CO)ncn2)n1. The van der Waals surface area contributed by atoms with Crippen molar-refractivity contribution in [2.24, 2.45) is 5.92 Å². The molecule has 1 aliphatic heterocycles. The highest BCUT2D eigenvalue weighted by Crippen LogP contribution is 2.24. The van der Waals surface area contributed by atoms with E-state index in [4.69, 9.17) is 0 Å². The Kier molecular flexibility index (Phi) is 5.53. The van der Waals surface area contributed by atoms with Crippen molar-refractivity contribution >= 4 is 11.6 Å². The van der Waals surface area contributed by atoms with Gasteiger partial charge in [-0.3, -0.25) is 4.68 Å².